The Balaban J connectivity index is 1.12. The first-order chi connectivity index (χ1) is 22.5. The van der Waals surface area contributed by atoms with Gasteiger partial charge in [-0.2, -0.15) is 0 Å². The van der Waals surface area contributed by atoms with Gasteiger partial charge in [-0.3, -0.25) is 0 Å². The zero-order valence-electron chi connectivity index (χ0n) is 26.1. The smallest absolute Gasteiger partial charge is 0.229 e. The topological polar surface area (TPSA) is 215 Å². The summed E-state index contributed by atoms with van der Waals surface area (Å²) in [4.78, 5) is 0. The minimum atomic E-state index is -1.68. The Labute approximate surface area is 270 Å². The number of rotatable bonds is 9. The largest absolute Gasteiger partial charge is 0.504 e. The van der Waals surface area contributed by atoms with Crippen molar-refractivity contribution in [2.45, 2.75) is 80.5 Å². The second-order valence-corrected chi connectivity index (χ2v) is 12.3. The molecule has 14 atom stereocenters. The molecule has 7 N–H and O–H groups in total. The number of phenols is 1. The molecule has 4 fully saturated rings. The molecule has 0 aliphatic carbocycles. The van der Waals surface area contributed by atoms with Crippen molar-refractivity contribution in [1.82, 2.24) is 0 Å². The molecule has 2 aromatic carbocycles. The van der Waals surface area contributed by atoms with Crippen molar-refractivity contribution in [3.05, 3.63) is 47.5 Å². The van der Waals surface area contributed by atoms with E-state index >= 15 is 0 Å². The summed E-state index contributed by atoms with van der Waals surface area (Å²) in [6.45, 7) is 1.99. The molecule has 4 saturated heterocycles. The molecule has 2 aromatic rings. The summed E-state index contributed by atoms with van der Waals surface area (Å²) in [5.74, 6) is 1.00. The van der Waals surface area contributed by atoms with Gasteiger partial charge in [0.15, 0.2) is 29.3 Å². The van der Waals surface area contributed by atoms with E-state index in [2.05, 4.69) is 0 Å². The summed E-state index contributed by atoms with van der Waals surface area (Å²) < 4.78 is 45.9. The second-order valence-electron chi connectivity index (χ2n) is 12.3. The van der Waals surface area contributed by atoms with E-state index in [1.165, 1.54) is 21.1 Å². The number of aromatic hydroxyl groups is 1. The fourth-order valence-corrected chi connectivity index (χ4v) is 6.68. The van der Waals surface area contributed by atoms with Gasteiger partial charge in [-0.1, -0.05) is 12.1 Å². The van der Waals surface area contributed by atoms with Gasteiger partial charge in [0.1, 0.15) is 42.7 Å². The molecule has 4 aliphatic rings. The Hall–Kier alpha value is -2.80. The van der Waals surface area contributed by atoms with Crippen molar-refractivity contribution in [2.24, 2.45) is 11.8 Å². The number of benzene rings is 2. The molecule has 6 rings (SSSR count). The number of phenolic OH excluding ortho intramolecular Hbond substituents is 1. The maximum absolute atomic E-state index is 10.7. The molecular weight excluding hydrogens is 624 g/mol. The maximum Gasteiger partial charge on any atom is 0.229 e. The van der Waals surface area contributed by atoms with Crippen LogP contribution in [0.5, 0.6) is 23.0 Å². The van der Waals surface area contributed by atoms with Crippen molar-refractivity contribution >= 4 is 0 Å². The second kappa shape index (κ2) is 14.0. The standard InChI is InChI=1S/C32H42O15/c1-13-23(34)25(36)27(38)31(45-13)44-12-22-24(35)26(37)28(39)32(47-22)46-19-7-5-15(9-21(19)41-3)30-17-11-42-29(16(17)10-43-30)14-4-6-18(33)20(8-14)40-2/h4-9,13,16-17,22-39H,10-12H2,1-3H3/t13-,16+,17-,22+,23+,24-,25-,26+,27-,28-,29+,30-,31-,32-/m1/s1. The SMILES string of the molecule is COc1cc([C@@H]2OC[C@@H]3[C@@H]2CO[C@@H]3c2ccc(O[C@@H]3O[C@@H](CO[C@@H]4O[C@H](C)[C@H](O)[C@@H](O)[C@H]4O)[C@@H](O)[C@H](O)[C@H]3O)c(OC)c2)ccc1O. The predicted octanol–water partition coefficient (Wildman–Crippen LogP) is -0.485. The summed E-state index contributed by atoms with van der Waals surface area (Å²) in [6.07, 6.45) is -14.8. The number of aliphatic hydroxyl groups is 6. The highest BCUT2D eigenvalue weighted by atomic mass is 16.7. The van der Waals surface area contributed by atoms with Crippen LogP contribution >= 0.6 is 0 Å². The number of aliphatic hydroxyl groups excluding tert-OH is 6. The molecule has 47 heavy (non-hydrogen) atoms. The monoisotopic (exact) mass is 666 g/mol. The van der Waals surface area contributed by atoms with E-state index in [1.54, 1.807) is 30.3 Å². The summed E-state index contributed by atoms with van der Waals surface area (Å²) in [7, 11) is 2.94. The molecule has 260 valence electrons. The first-order valence-electron chi connectivity index (χ1n) is 15.5. The molecule has 0 spiro atoms. The van der Waals surface area contributed by atoms with Gasteiger partial charge in [0.2, 0.25) is 6.29 Å². The highest BCUT2D eigenvalue weighted by Crippen LogP contribution is 2.51. The van der Waals surface area contributed by atoms with Crippen LogP contribution in [0.4, 0.5) is 0 Å². The Morgan fingerprint density at radius 2 is 1.23 bits per heavy atom. The average Bonchev–Trinajstić information content (AvgIpc) is 3.69. The van der Waals surface area contributed by atoms with Crippen LogP contribution in [0, 0.1) is 11.8 Å². The number of methoxy groups -OCH3 is 2. The van der Waals surface area contributed by atoms with Gasteiger partial charge in [-0.15, -0.1) is 0 Å². The fourth-order valence-electron chi connectivity index (χ4n) is 6.68. The van der Waals surface area contributed by atoms with Crippen molar-refractivity contribution in [3.8, 4) is 23.0 Å². The van der Waals surface area contributed by atoms with Crippen LogP contribution in [-0.4, -0.2) is 131 Å². The lowest BCUT2D eigenvalue weighted by Gasteiger charge is -2.42. The molecule has 0 aromatic heterocycles. The van der Waals surface area contributed by atoms with Crippen LogP contribution in [0.1, 0.15) is 30.3 Å². The zero-order chi connectivity index (χ0) is 33.6. The average molecular weight is 667 g/mol. The first kappa shape index (κ1) is 34.1. The van der Waals surface area contributed by atoms with E-state index in [-0.39, 0.29) is 35.5 Å². The Bertz CT molecular complexity index is 1380. The van der Waals surface area contributed by atoms with Crippen molar-refractivity contribution in [2.75, 3.05) is 34.0 Å². The van der Waals surface area contributed by atoms with E-state index < -0.39 is 68.0 Å². The lowest BCUT2D eigenvalue weighted by atomic mass is 9.85. The third-order valence-electron chi connectivity index (χ3n) is 9.46. The van der Waals surface area contributed by atoms with Gasteiger partial charge in [0.05, 0.1) is 52.4 Å². The van der Waals surface area contributed by atoms with Crippen LogP contribution in [0.15, 0.2) is 36.4 Å². The van der Waals surface area contributed by atoms with Crippen LogP contribution in [0.25, 0.3) is 0 Å². The summed E-state index contributed by atoms with van der Waals surface area (Å²) in [6, 6.07) is 10.3. The van der Waals surface area contributed by atoms with Crippen LogP contribution in [0.3, 0.4) is 0 Å². The van der Waals surface area contributed by atoms with Gasteiger partial charge >= 0.3 is 0 Å². The van der Waals surface area contributed by atoms with E-state index in [9.17, 15) is 35.7 Å². The van der Waals surface area contributed by atoms with Crippen LogP contribution in [0.2, 0.25) is 0 Å². The van der Waals surface area contributed by atoms with E-state index in [4.69, 9.17) is 37.9 Å². The minimum absolute atomic E-state index is 0.0381. The van der Waals surface area contributed by atoms with Gasteiger partial charge in [-0.25, -0.2) is 0 Å². The summed E-state index contributed by atoms with van der Waals surface area (Å²) >= 11 is 0. The summed E-state index contributed by atoms with van der Waals surface area (Å²) in [5.41, 5.74) is 1.70. The van der Waals surface area contributed by atoms with Gasteiger partial charge in [0.25, 0.3) is 0 Å². The number of ether oxygens (including phenoxy) is 8. The van der Waals surface area contributed by atoms with Gasteiger partial charge in [0, 0.05) is 11.8 Å². The maximum atomic E-state index is 10.7. The number of fused-ring (bicyclic) bond motifs is 1. The Morgan fingerprint density at radius 1 is 0.660 bits per heavy atom. The fraction of sp³-hybridized carbons (Fsp3) is 0.625. The molecule has 15 nitrogen and oxygen atoms in total. The molecule has 0 radical (unpaired) electrons. The van der Waals surface area contributed by atoms with Crippen molar-refractivity contribution in [3.63, 3.8) is 0 Å². The Kier molecular flexibility index (Phi) is 10.1. The van der Waals surface area contributed by atoms with Gasteiger partial charge in [-0.05, 0) is 42.3 Å². The van der Waals surface area contributed by atoms with E-state index in [0.717, 1.165) is 11.1 Å². The van der Waals surface area contributed by atoms with Crippen LogP contribution < -0.4 is 14.2 Å². The molecule has 4 aliphatic heterocycles. The van der Waals surface area contributed by atoms with Crippen molar-refractivity contribution < 1.29 is 73.6 Å². The highest BCUT2D eigenvalue weighted by Gasteiger charge is 2.49. The lowest BCUT2D eigenvalue weighted by molar-refractivity contribution is -0.318. The molecular formula is C32H42O15. The normalized spacial score (nSPS) is 40.2. The number of hydrogen-bond donors (Lipinski definition) is 7. The van der Waals surface area contributed by atoms with Gasteiger partial charge < -0.3 is 73.6 Å². The number of hydrogen-bond acceptors (Lipinski definition) is 15. The highest BCUT2D eigenvalue weighted by molar-refractivity contribution is 5.45. The Morgan fingerprint density at radius 3 is 1.87 bits per heavy atom. The molecule has 15 heteroatoms. The predicted molar refractivity (Wildman–Crippen MR) is 158 cm³/mol. The first-order valence-corrected chi connectivity index (χ1v) is 15.5. The molecule has 4 heterocycles. The molecule has 0 amide bonds. The third kappa shape index (κ3) is 6.50. The summed E-state index contributed by atoms with van der Waals surface area (Å²) in [5, 5.41) is 72.0. The van der Waals surface area contributed by atoms with E-state index in [0.29, 0.717) is 24.7 Å². The van der Waals surface area contributed by atoms with Crippen LogP contribution in [-0.2, 0) is 23.7 Å². The van der Waals surface area contributed by atoms with Crippen molar-refractivity contribution in [1.29, 1.82) is 0 Å². The quantitative estimate of drug-likeness (QED) is 0.180. The zero-order valence-corrected chi connectivity index (χ0v) is 26.1. The molecule has 0 unspecified atom stereocenters. The third-order valence-corrected chi connectivity index (χ3v) is 9.46. The minimum Gasteiger partial charge on any atom is -0.504 e. The lowest BCUT2D eigenvalue weighted by Crippen LogP contribution is -2.61. The molecule has 0 bridgehead atoms. The van der Waals surface area contributed by atoms with E-state index in [1.807, 2.05) is 6.07 Å². The molecule has 0 saturated carbocycles.